The van der Waals surface area contributed by atoms with Crippen LogP contribution in [0, 0.1) is 11.8 Å². The zero-order chi connectivity index (χ0) is 13.2. The van der Waals surface area contributed by atoms with Gasteiger partial charge in [-0.05, 0) is 50.5 Å². The lowest BCUT2D eigenvalue weighted by Crippen LogP contribution is -2.43. The molecular weight excluding hydrogens is 248 g/mol. The van der Waals surface area contributed by atoms with Gasteiger partial charge in [-0.2, -0.15) is 0 Å². The summed E-state index contributed by atoms with van der Waals surface area (Å²) in [6, 6.07) is 0.596. The third-order valence-electron chi connectivity index (χ3n) is 4.33. The Morgan fingerprint density at radius 3 is 2.78 bits per heavy atom. The fourth-order valence-electron chi connectivity index (χ4n) is 3.32. The van der Waals surface area contributed by atoms with Crippen molar-refractivity contribution in [2.45, 2.75) is 45.1 Å². The summed E-state index contributed by atoms with van der Waals surface area (Å²) in [6.45, 7) is 4.88. The zero-order valence-electron chi connectivity index (χ0n) is 11.6. The Bertz CT molecular complexity index is 369. The van der Waals surface area contributed by atoms with Crippen LogP contribution in [0.3, 0.4) is 0 Å². The van der Waals surface area contributed by atoms with Crippen molar-refractivity contribution >= 4 is 10.0 Å². The molecule has 0 amide bonds. The molecule has 5 heteroatoms. The molecule has 0 radical (unpaired) electrons. The van der Waals surface area contributed by atoms with E-state index < -0.39 is 10.0 Å². The molecule has 0 aromatic rings. The predicted molar refractivity (Wildman–Crippen MR) is 73.9 cm³/mol. The van der Waals surface area contributed by atoms with E-state index in [1.807, 2.05) is 0 Å². The monoisotopic (exact) mass is 274 g/mol. The Balaban J connectivity index is 1.86. The van der Waals surface area contributed by atoms with Crippen LogP contribution in [0.25, 0.3) is 0 Å². The van der Waals surface area contributed by atoms with Crippen LogP contribution in [0.5, 0.6) is 0 Å². The van der Waals surface area contributed by atoms with E-state index in [2.05, 4.69) is 12.2 Å². The Morgan fingerprint density at radius 2 is 2.11 bits per heavy atom. The average molecular weight is 274 g/mol. The van der Waals surface area contributed by atoms with Gasteiger partial charge in [-0.3, -0.25) is 0 Å². The fraction of sp³-hybridized carbons (Fsp3) is 1.00. The number of hydrogen-bond acceptors (Lipinski definition) is 3. The van der Waals surface area contributed by atoms with Crippen molar-refractivity contribution in [1.29, 1.82) is 0 Å². The minimum atomic E-state index is -3.00. The maximum Gasteiger partial charge on any atom is 0.211 e. The molecule has 2 saturated heterocycles. The third kappa shape index (κ3) is 3.93. The molecule has 2 fully saturated rings. The van der Waals surface area contributed by atoms with Crippen molar-refractivity contribution in [3.63, 3.8) is 0 Å². The highest BCUT2D eigenvalue weighted by atomic mass is 32.2. The molecule has 2 heterocycles. The number of piperidine rings is 2. The Kier molecular flexibility index (Phi) is 4.67. The first kappa shape index (κ1) is 14.3. The molecule has 2 aliphatic heterocycles. The number of sulfonamides is 1. The fourth-order valence-corrected chi connectivity index (χ4v) is 4.27. The van der Waals surface area contributed by atoms with Crippen molar-refractivity contribution < 1.29 is 8.42 Å². The van der Waals surface area contributed by atoms with Gasteiger partial charge in [0, 0.05) is 19.1 Å². The molecule has 0 aromatic carbocycles. The molecule has 0 saturated carbocycles. The summed E-state index contributed by atoms with van der Waals surface area (Å²) in [6.07, 6.45) is 7.18. The van der Waals surface area contributed by atoms with Crippen molar-refractivity contribution in [1.82, 2.24) is 9.62 Å². The van der Waals surface area contributed by atoms with Gasteiger partial charge in [0.25, 0.3) is 0 Å². The normalized spacial score (nSPS) is 35.6. The minimum Gasteiger partial charge on any atom is -0.314 e. The topological polar surface area (TPSA) is 49.4 Å². The first-order valence-corrected chi connectivity index (χ1v) is 8.98. The highest BCUT2D eigenvalue weighted by molar-refractivity contribution is 7.88. The molecule has 3 unspecified atom stereocenters. The lowest BCUT2D eigenvalue weighted by molar-refractivity contribution is 0.212. The van der Waals surface area contributed by atoms with E-state index in [0.717, 1.165) is 31.8 Å². The van der Waals surface area contributed by atoms with Gasteiger partial charge >= 0.3 is 0 Å². The van der Waals surface area contributed by atoms with Gasteiger partial charge in [0.15, 0.2) is 0 Å². The van der Waals surface area contributed by atoms with Crippen LogP contribution >= 0.6 is 0 Å². The van der Waals surface area contributed by atoms with Crippen molar-refractivity contribution in [3.05, 3.63) is 0 Å². The quantitative estimate of drug-likeness (QED) is 0.847. The highest BCUT2D eigenvalue weighted by Crippen LogP contribution is 2.26. The summed E-state index contributed by atoms with van der Waals surface area (Å²) in [5.74, 6) is 1.35. The molecule has 0 bridgehead atoms. The van der Waals surface area contributed by atoms with Crippen LogP contribution in [-0.2, 0) is 10.0 Å². The minimum absolute atomic E-state index is 0.538. The van der Waals surface area contributed by atoms with Gasteiger partial charge in [-0.25, -0.2) is 12.7 Å². The molecule has 2 rings (SSSR count). The Morgan fingerprint density at radius 1 is 1.33 bits per heavy atom. The molecule has 2 aliphatic rings. The summed E-state index contributed by atoms with van der Waals surface area (Å²) in [4.78, 5) is 0. The number of hydrogen-bond donors (Lipinski definition) is 1. The smallest absolute Gasteiger partial charge is 0.211 e. The summed E-state index contributed by atoms with van der Waals surface area (Å²) < 4.78 is 24.8. The van der Waals surface area contributed by atoms with Gasteiger partial charge in [0.05, 0.1) is 6.26 Å². The van der Waals surface area contributed by atoms with E-state index in [-0.39, 0.29) is 0 Å². The summed E-state index contributed by atoms with van der Waals surface area (Å²) in [5, 5.41) is 3.58. The lowest BCUT2D eigenvalue weighted by atomic mass is 9.86. The predicted octanol–water partition coefficient (Wildman–Crippen LogP) is 1.44. The van der Waals surface area contributed by atoms with E-state index in [1.54, 1.807) is 4.31 Å². The van der Waals surface area contributed by atoms with Crippen LogP contribution in [-0.4, -0.2) is 44.7 Å². The second-order valence-electron chi connectivity index (χ2n) is 6.15. The third-order valence-corrected chi connectivity index (χ3v) is 5.60. The van der Waals surface area contributed by atoms with Crippen LogP contribution in [0.1, 0.15) is 39.0 Å². The van der Waals surface area contributed by atoms with Gasteiger partial charge in [0.2, 0.25) is 10.0 Å². The first-order chi connectivity index (χ1) is 8.45. The molecular formula is C13H26N2O2S. The Hall–Kier alpha value is -0.130. The molecule has 0 aromatic heterocycles. The van der Waals surface area contributed by atoms with Crippen LogP contribution in [0.4, 0.5) is 0 Å². The SMILES string of the molecule is CC1CCNC(CC2CCCN(S(C)(=O)=O)C2)C1. The number of nitrogens with one attached hydrogen (secondary N) is 1. The lowest BCUT2D eigenvalue weighted by Gasteiger charge is -2.35. The molecule has 0 aliphatic carbocycles. The standard InChI is InChI=1S/C13H26N2O2S/c1-11-5-6-14-13(8-11)9-12-4-3-7-15(10-12)18(2,16)17/h11-14H,3-10H2,1-2H3. The van der Waals surface area contributed by atoms with E-state index in [1.165, 1.54) is 25.5 Å². The summed E-state index contributed by atoms with van der Waals surface area (Å²) in [7, 11) is -3.00. The van der Waals surface area contributed by atoms with Crippen LogP contribution in [0.2, 0.25) is 0 Å². The largest absolute Gasteiger partial charge is 0.314 e. The van der Waals surface area contributed by atoms with Crippen LogP contribution < -0.4 is 5.32 Å². The Labute approximate surface area is 111 Å². The van der Waals surface area contributed by atoms with E-state index in [4.69, 9.17) is 0 Å². The molecule has 106 valence electrons. The van der Waals surface area contributed by atoms with Gasteiger partial charge in [-0.15, -0.1) is 0 Å². The maximum atomic E-state index is 11.6. The second-order valence-corrected chi connectivity index (χ2v) is 8.13. The van der Waals surface area contributed by atoms with E-state index in [9.17, 15) is 8.42 Å². The van der Waals surface area contributed by atoms with E-state index in [0.29, 0.717) is 18.5 Å². The van der Waals surface area contributed by atoms with E-state index >= 15 is 0 Å². The van der Waals surface area contributed by atoms with Gasteiger partial charge in [0.1, 0.15) is 0 Å². The van der Waals surface area contributed by atoms with Gasteiger partial charge in [-0.1, -0.05) is 6.92 Å². The summed E-state index contributed by atoms with van der Waals surface area (Å²) >= 11 is 0. The zero-order valence-corrected chi connectivity index (χ0v) is 12.4. The van der Waals surface area contributed by atoms with Crippen molar-refractivity contribution in [2.24, 2.45) is 11.8 Å². The second kappa shape index (κ2) is 5.88. The highest BCUT2D eigenvalue weighted by Gasteiger charge is 2.28. The maximum absolute atomic E-state index is 11.6. The molecule has 3 atom stereocenters. The average Bonchev–Trinajstić information content (AvgIpc) is 2.28. The van der Waals surface area contributed by atoms with Crippen LogP contribution in [0.15, 0.2) is 0 Å². The number of rotatable bonds is 3. The summed E-state index contributed by atoms with van der Waals surface area (Å²) in [5.41, 5.74) is 0. The molecule has 1 N–H and O–H groups in total. The van der Waals surface area contributed by atoms with Crippen molar-refractivity contribution in [2.75, 3.05) is 25.9 Å². The number of nitrogens with zero attached hydrogens (tertiary/aromatic N) is 1. The van der Waals surface area contributed by atoms with Crippen molar-refractivity contribution in [3.8, 4) is 0 Å². The van der Waals surface area contributed by atoms with Gasteiger partial charge < -0.3 is 5.32 Å². The molecule has 0 spiro atoms. The molecule has 18 heavy (non-hydrogen) atoms. The molecule has 4 nitrogen and oxygen atoms in total. The first-order valence-electron chi connectivity index (χ1n) is 7.13.